The van der Waals surface area contributed by atoms with Crippen molar-refractivity contribution in [1.82, 2.24) is 0 Å². The molecule has 4 bridgehead atoms. The van der Waals surface area contributed by atoms with Gasteiger partial charge < -0.3 is 13.6 Å². The molecular formula is C13H24NO3S-. The first-order valence-corrected chi connectivity index (χ1v) is 7.80. The minimum absolute atomic E-state index is 0.675. The van der Waals surface area contributed by atoms with Gasteiger partial charge in [-0.2, -0.15) is 0 Å². The van der Waals surface area contributed by atoms with Crippen molar-refractivity contribution in [3.8, 4) is 0 Å². The smallest absolute Gasteiger partial charge is 0.0994 e. The lowest BCUT2D eigenvalue weighted by atomic mass is 9.52. The summed E-state index contributed by atoms with van der Waals surface area (Å²) < 4.78 is 26.6. The summed E-state index contributed by atoms with van der Waals surface area (Å²) >= 11 is -3.11. The van der Waals surface area contributed by atoms with Gasteiger partial charge in [0.25, 0.3) is 0 Å². The van der Waals surface area contributed by atoms with Crippen molar-refractivity contribution < 1.29 is 17.8 Å². The molecule has 0 amide bonds. The van der Waals surface area contributed by atoms with E-state index in [0.29, 0.717) is 5.54 Å². The van der Waals surface area contributed by atoms with Crippen LogP contribution in [-0.2, 0) is 11.4 Å². The van der Waals surface area contributed by atoms with Crippen molar-refractivity contribution in [1.29, 1.82) is 0 Å². The molecule has 4 saturated carbocycles. The van der Waals surface area contributed by atoms with Gasteiger partial charge in [0.2, 0.25) is 0 Å². The Bertz CT molecular complexity index is 298. The molecule has 5 heteroatoms. The third kappa shape index (κ3) is 2.79. The molecule has 4 aliphatic carbocycles. The molecule has 4 rings (SSSR count). The fourth-order valence-corrected chi connectivity index (χ4v) is 4.89. The predicted molar refractivity (Wildman–Crippen MR) is 68.6 cm³/mol. The van der Waals surface area contributed by atoms with Crippen molar-refractivity contribution in [2.24, 2.45) is 17.8 Å². The highest BCUT2D eigenvalue weighted by Crippen LogP contribution is 2.58. The molecule has 4 fully saturated rings. The summed E-state index contributed by atoms with van der Waals surface area (Å²) in [6.45, 7) is 0. The van der Waals surface area contributed by atoms with Crippen molar-refractivity contribution >= 4 is 11.4 Å². The van der Waals surface area contributed by atoms with Gasteiger partial charge in [0.05, 0.1) is 26.7 Å². The van der Waals surface area contributed by atoms with Crippen LogP contribution in [0.4, 0.5) is 0 Å². The molecule has 0 aliphatic heterocycles. The molecule has 106 valence electrons. The maximum Gasteiger partial charge on any atom is 0.0994 e. The van der Waals surface area contributed by atoms with E-state index in [1.807, 2.05) is 0 Å². The highest BCUT2D eigenvalue weighted by Gasteiger charge is 2.57. The Morgan fingerprint density at radius 1 is 0.944 bits per heavy atom. The Balaban J connectivity index is 0.000000267. The van der Waals surface area contributed by atoms with Crippen molar-refractivity contribution in [2.45, 2.75) is 44.1 Å². The van der Waals surface area contributed by atoms with Gasteiger partial charge in [-0.25, -0.2) is 0 Å². The molecule has 0 N–H and O–H groups in total. The standard InChI is InChI=1S/C13H24N.H2O3S/c1-14(2,3)13-7-10-4-11(8-13)6-12(5-10)9-13;1-4(2)3/h10-12H,4-9H2,1-3H3;(H2,1,2,3)/q+1;/p-2. The predicted octanol–water partition coefficient (Wildman–Crippen LogP) is 1.66. The van der Waals surface area contributed by atoms with Gasteiger partial charge >= 0.3 is 0 Å². The van der Waals surface area contributed by atoms with Crippen LogP contribution in [-0.4, -0.2) is 44.5 Å². The van der Waals surface area contributed by atoms with Crippen LogP contribution in [0.15, 0.2) is 0 Å². The van der Waals surface area contributed by atoms with Gasteiger partial charge in [-0.3, -0.25) is 4.21 Å². The van der Waals surface area contributed by atoms with E-state index in [1.165, 1.54) is 23.7 Å². The molecule has 0 aromatic carbocycles. The second-order valence-electron chi connectivity index (χ2n) is 7.36. The lowest BCUT2D eigenvalue weighted by molar-refractivity contribution is -0.930. The van der Waals surface area contributed by atoms with Gasteiger partial charge in [0.15, 0.2) is 0 Å². The second-order valence-corrected chi connectivity index (χ2v) is 7.77. The maximum absolute atomic E-state index is 8.44. The minimum atomic E-state index is -3.11. The Morgan fingerprint density at radius 2 is 1.22 bits per heavy atom. The number of rotatable bonds is 1. The van der Waals surface area contributed by atoms with Crippen LogP contribution in [0.25, 0.3) is 0 Å². The summed E-state index contributed by atoms with van der Waals surface area (Å²) in [5.41, 5.74) is 0.675. The average Bonchev–Trinajstić information content (AvgIpc) is 2.11. The van der Waals surface area contributed by atoms with E-state index >= 15 is 0 Å². The molecule has 0 radical (unpaired) electrons. The van der Waals surface area contributed by atoms with Crippen LogP contribution in [0, 0.1) is 17.8 Å². The zero-order valence-corrected chi connectivity index (χ0v) is 12.4. The third-order valence-corrected chi connectivity index (χ3v) is 5.43. The van der Waals surface area contributed by atoms with Crippen LogP contribution >= 0.6 is 0 Å². The topological polar surface area (TPSA) is 63.2 Å². The monoisotopic (exact) mass is 274 g/mol. The molecule has 4 aliphatic rings. The van der Waals surface area contributed by atoms with Gasteiger partial charge in [-0.15, -0.1) is 11.4 Å². The zero-order chi connectivity index (χ0) is 13.6. The first kappa shape index (κ1) is 14.4. The highest BCUT2D eigenvalue weighted by molar-refractivity contribution is 7.72. The molecular weight excluding hydrogens is 250 g/mol. The highest BCUT2D eigenvalue weighted by atomic mass is 32.2. The van der Waals surface area contributed by atoms with Crippen molar-refractivity contribution in [3.63, 3.8) is 0 Å². The molecule has 0 heterocycles. The van der Waals surface area contributed by atoms with Gasteiger partial charge in [-0.05, 0) is 37.0 Å². The average molecular weight is 274 g/mol. The number of hydrogen-bond donors (Lipinski definition) is 0. The van der Waals surface area contributed by atoms with Crippen LogP contribution in [0.5, 0.6) is 0 Å². The molecule has 0 aromatic heterocycles. The van der Waals surface area contributed by atoms with E-state index in [0.717, 1.165) is 17.8 Å². The third-order valence-electron chi connectivity index (χ3n) is 5.43. The molecule has 0 atom stereocenters. The summed E-state index contributed by atoms with van der Waals surface area (Å²) in [7, 11) is 7.27. The second kappa shape index (κ2) is 4.85. The first-order chi connectivity index (χ1) is 8.22. The minimum Gasteiger partial charge on any atom is -0.784 e. The van der Waals surface area contributed by atoms with Crippen LogP contribution in [0.2, 0.25) is 0 Å². The fourth-order valence-electron chi connectivity index (χ4n) is 4.89. The summed E-state index contributed by atoms with van der Waals surface area (Å²) in [6.07, 6.45) is 9.30. The van der Waals surface area contributed by atoms with Crippen LogP contribution in [0.3, 0.4) is 0 Å². The largest absolute Gasteiger partial charge is 0.784 e. The summed E-state index contributed by atoms with van der Waals surface area (Å²) in [6, 6.07) is 0. The lowest BCUT2D eigenvalue weighted by Crippen LogP contribution is -2.65. The van der Waals surface area contributed by atoms with E-state index in [4.69, 9.17) is 13.3 Å². The summed E-state index contributed by atoms with van der Waals surface area (Å²) in [5.74, 6) is 3.29. The Kier molecular flexibility index (Phi) is 3.89. The van der Waals surface area contributed by atoms with Gasteiger partial charge in [0, 0.05) is 19.3 Å². The van der Waals surface area contributed by atoms with Crippen LogP contribution in [0.1, 0.15) is 38.5 Å². The van der Waals surface area contributed by atoms with E-state index in [1.54, 1.807) is 19.3 Å². The number of quaternary nitrogens is 1. The van der Waals surface area contributed by atoms with Gasteiger partial charge in [-0.1, -0.05) is 0 Å². The number of hydrogen-bond acceptors (Lipinski definition) is 3. The van der Waals surface area contributed by atoms with E-state index in [2.05, 4.69) is 21.1 Å². The summed E-state index contributed by atoms with van der Waals surface area (Å²) in [5, 5.41) is 0. The Hall–Kier alpha value is 0.0300. The van der Waals surface area contributed by atoms with Crippen molar-refractivity contribution in [3.05, 3.63) is 0 Å². The quantitative estimate of drug-likeness (QED) is 0.539. The normalized spacial score (nSPS) is 41.8. The molecule has 0 unspecified atom stereocenters. The number of nitrogens with zero attached hydrogens (tertiary/aromatic N) is 1. The van der Waals surface area contributed by atoms with E-state index < -0.39 is 11.4 Å². The molecule has 0 saturated heterocycles. The SMILES string of the molecule is C[N+](C)(C)C12CC3CC(CC(C3)C1)C2.O=S([O-])[O-]. The Morgan fingerprint density at radius 3 is 1.44 bits per heavy atom. The first-order valence-electron chi connectivity index (χ1n) is 6.80. The molecule has 0 aromatic rings. The fraction of sp³-hybridized carbons (Fsp3) is 1.00. The maximum atomic E-state index is 8.44. The zero-order valence-electron chi connectivity index (χ0n) is 11.6. The van der Waals surface area contributed by atoms with Gasteiger partial charge in [0.1, 0.15) is 0 Å². The van der Waals surface area contributed by atoms with Crippen molar-refractivity contribution in [2.75, 3.05) is 21.1 Å². The Labute approximate surface area is 112 Å². The molecule has 4 nitrogen and oxygen atoms in total. The lowest BCUT2D eigenvalue weighted by Gasteiger charge is -2.61. The van der Waals surface area contributed by atoms with E-state index in [-0.39, 0.29) is 0 Å². The van der Waals surface area contributed by atoms with E-state index in [9.17, 15) is 0 Å². The van der Waals surface area contributed by atoms with Crippen LogP contribution < -0.4 is 0 Å². The molecule has 18 heavy (non-hydrogen) atoms. The summed E-state index contributed by atoms with van der Waals surface area (Å²) in [4.78, 5) is 0. The molecule has 0 spiro atoms.